The third-order valence-corrected chi connectivity index (χ3v) is 6.37. The van der Waals surface area contributed by atoms with Crippen molar-refractivity contribution in [2.24, 2.45) is 0 Å². The molecule has 1 heterocycles. The van der Waals surface area contributed by atoms with E-state index in [1.807, 2.05) is 0 Å². The second-order valence-corrected chi connectivity index (χ2v) is 8.98. The SMILES string of the molecule is CC(=O)Nc1ccc(S(=O)(=O)N[C@@H](C)C(=O)Nc2nnc(C3CC3)s2)cc1. The number of anilines is 2. The Labute approximate surface area is 160 Å². The number of carbonyl (C=O) groups is 2. The maximum absolute atomic E-state index is 12.4. The molecule has 0 spiro atoms. The fraction of sp³-hybridized carbons (Fsp3) is 0.375. The highest BCUT2D eigenvalue weighted by molar-refractivity contribution is 7.89. The van der Waals surface area contributed by atoms with Crippen LogP contribution in [-0.2, 0) is 19.6 Å². The third-order valence-electron chi connectivity index (χ3n) is 3.81. The largest absolute Gasteiger partial charge is 0.326 e. The highest BCUT2D eigenvalue weighted by Crippen LogP contribution is 2.42. The number of nitrogens with zero attached hydrogens (tertiary/aromatic N) is 2. The van der Waals surface area contributed by atoms with Crippen molar-refractivity contribution >= 4 is 44.0 Å². The Morgan fingerprint density at radius 2 is 1.81 bits per heavy atom. The van der Waals surface area contributed by atoms with E-state index in [9.17, 15) is 18.0 Å². The van der Waals surface area contributed by atoms with Crippen LogP contribution < -0.4 is 15.4 Å². The van der Waals surface area contributed by atoms with E-state index in [2.05, 4.69) is 25.6 Å². The Morgan fingerprint density at radius 1 is 1.15 bits per heavy atom. The van der Waals surface area contributed by atoms with E-state index in [-0.39, 0.29) is 10.8 Å². The number of sulfonamides is 1. The van der Waals surface area contributed by atoms with Crippen LogP contribution in [-0.4, -0.2) is 36.5 Å². The van der Waals surface area contributed by atoms with E-state index >= 15 is 0 Å². The summed E-state index contributed by atoms with van der Waals surface area (Å²) >= 11 is 1.30. The topological polar surface area (TPSA) is 130 Å². The summed E-state index contributed by atoms with van der Waals surface area (Å²) < 4.78 is 27.2. The second kappa shape index (κ2) is 7.71. The molecule has 3 rings (SSSR count). The molecule has 1 aliphatic rings. The van der Waals surface area contributed by atoms with Crippen LogP contribution in [0.1, 0.15) is 37.6 Å². The molecule has 27 heavy (non-hydrogen) atoms. The van der Waals surface area contributed by atoms with Crippen LogP contribution in [0.3, 0.4) is 0 Å². The molecular weight excluding hydrogens is 390 g/mol. The zero-order chi connectivity index (χ0) is 19.6. The maximum Gasteiger partial charge on any atom is 0.244 e. The predicted molar refractivity (Wildman–Crippen MR) is 101 cm³/mol. The fourth-order valence-electron chi connectivity index (χ4n) is 2.27. The quantitative estimate of drug-likeness (QED) is 0.638. The van der Waals surface area contributed by atoms with Crippen LogP contribution in [0.2, 0.25) is 0 Å². The molecule has 9 nitrogen and oxygen atoms in total. The van der Waals surface area contributed by atoms with E-state index in [0.717, 1.165) is 17.8 Å². The average Bonchev–Trinajstić information content (AvgIpc) is 3.34. The number of rotatable bonds is 7. The van der Waals surface area contributed by atoms with Gasteiger partial charge in [0, 0.05) is 18.5 Å². The van der Waals surface area contributed by atoms with Gasteiger partial charge in [-0.15, -0.1) is 10.2 Å². The van der Waals surface area contributed by atoms with Gasteiger partial charge in [-0.2, -0.15) is 4.72 Å². The first-order valence-electron chi connectivity index (χ1n) is 8.29. The number of benzene rings is 1. The van der Waals surface area contributed by atoms with Crippen molar-refractivity contribution in [3.63, 3.8) is 0 Å². The normalized spacial score (nSPS) is 15.2. The molecule has 3 N–H and O–H groups in total. The summed E-state index contributed by atoms with van der Waals surface area (Å²) in [6, 6.07) is 4.65. The standard InChI is InChI=1S/C16H19N5O4S2/c1-9(14(23)18-16-20-19-15(26-16)11-3-4-11)21-27(24,25)13-7-5-12(6-8-13)17-10(2)22/h5-9,11,21H,3-4H2,1-2H3,(H,17,22)(H,18,20,23)/t9-/m0/s1. The molecule has 0 radical (unpaired) electrons. The van der Waals surface area contributed by atoms with Gasteiger partial charge in [-0.05, 0) is 44.0 Å². The Bertz CT molecular complexity index is 951. The molecule has 0 aliphatic heterocycles. The minimum atomic E-state index is -3.90. The predicted octanol–water partition coefficient (Wildman–Crippen LogP) is 1.68. The van der Waals surface area contributed by atoms with Gasteiger partial charge in [0.2, 0.25) is 27.0 Å². The van der Waals surface area contributed by atoms with Crippen LogP contribution in [0.15, 0.2) is 29.2 Å². The monoisotopic (exact) mass is 409 g/mol. The van der Waals surface area contributed by atoms with Gasteiger partial charge >= 0.3 is 0 Å². The molecule has 1 fully saturated rings. The van der Waals surface area contributed by atoms with E-state index in [4.69, 9.17) is 0 Å². The van der Waals surface area contributed by atoms with Crippen molar-refractivity contribution in [1.82, 2.24) is 14.9 Å². The highest BCUT2D eigenvalue weighted by atomic mass is 32.2. The van der Waals surface area contributed by atoms with Gasteiger partial charge in [0.05, 0.1) is 10.9 Å². The van der Waals surface area contributed by atoms with E-state index in [1.54, 1.807) is 0 Å². The lowest BCUT2D eigenvalue weighted by Gasteiger charge is -2.13. The lowest BCUT2D eigenvalue weighted by Crippen LogP contribution is -2.41. The van der Waals surface area contributed by atoms with Gasteiger partial charge in [0.15, 0.2) is 0 Å². The molecule has 1 atom stereocenters. The molecular formula is C16H19N5O4S2. The smallest absolute Gasteiger partial charge is 0.244 e. The first-order chi connectivity index (χ1) is 12.7. The summed E-state index contributed by atoms with van der Waals surface area (Å²) in [7, 11) is -3.90. The van der Waals surface area contributed by atoms with Gasteiger partial charge in [-0.3, -0.25) is 14.9 Å². The molecule has 2 amide bonds. The van der Waals surface area contributed by atoms with Crippen molar-refractivity contribution in [1.29, 1.82) is 0 Å². The maximum atomic E-state index is 12.4. The molecule has 0 bridgehead atoms. The van der Waals surface area contributed by atoms with Crippen molar-refractivity contribution in [2.75, 3.05) is 10.6 Å². The fourth-order valence-corrected chi connectivity index (χ4v) is 4.39. The van der Waals surface area contributed by atoms with E-state index in [0.29, 0.717) is 16.7 Å². The minimum absolute atomic E-state index is 0.0109. The Balaban J connectivity index is 1.61. The third kappa shape index (κ3) is 5.08. The Kier molecular flexibility index (Phi) is 5.53. The van der Waals surface area contributed by atoms with Crippen molar-refractivity contribution in [3.05, 3.63) is 29.3 Å². The molecule has 1 aromatic carbocycles. The molecule has 144 valence electrons. The summed E-state index contributed by atoms with van der Waals surface area (Å²) in [5.41, 5.74) is 0.481. The van der Waals surface area contributed by atoms with Gasteiger partial charge in [0.25, 0.3) is 0 Å². The Hall–Kier alpha value is -2.37. The Morgan fingerprint density at radius 3 is 2.41 bits per heavy atom. The van der Waals surface area contributed by atoms with Crippen LogP contribution in [0.4, 0.5) is 10.8 Å². The number of hydrogen-bond donors (Lipinski definition) is 3. The molecule has 0 unspecified atom stereocenters. The van der Waals surface area contributed by atoms with Crippen LogP contribution in [0.5, 0.6) is 0 Å². The van der Waals surface area contributed by atoms with Crippen molar-refractivity contribution in [2.45, 2.75) is 43.5 Å². The zero-order valence-corrected chi connectivity index (χ0v) is 16.4. The van der Waals surface area contributed by atoms with Gasteiger partial charge in [0.1, 0.15) is 5.01 Å². The molecule has 1 aliphatic carbocycles. The first kappa shape index (κ1) is 19.4. The molecule has 11 heteroatoms. The van der Waals surface area contributed by atoms with Crippen LogP contribution >= 0.6 is 11.3 Å². The number of hydrogen-bond acceptors (Lipinski definition) is 7. The first-order valence-corrected chi connectivity index (χ1v) is 10.6. The molecule has 2 aromatic rings. The van der Waals surface area contributed by atoms with Gasteiger partial charge in [-0.1, -0.05) is 11.3 Å². The number of nitrogens with one attached hydrogen (secondary N) is 3. The lowest BCUT2D eigenvalue weighted by molar-refractivity contribution is -0.117. The number of carbonyl (C=O) groups excluding carboxylic acids is 2. The minimum Gasteiger partial charge on any atom is -0.326 e. The molecule has 1 saturated carbocycles. The highest BCUT2D eigenvalue weighted by Gasteiger charge is 2.28. The summed E-state index contributed by atoms with van der Waals surface area (Å²) in [6.45, 7) is 2.81. The van der Waals surface area contributed by atoms with Gasteiger partial charge in [-0.25, -0.2) is 8.42 Å². The van der Waals surface area contributed by atoms with E-state index in [1.165, 1.54) is 49.4 Å². The zero-order valence-electron chi connectivity index (χ0n) is 14.7. The number of aromatic nitrogens is 2. The summed E-state index contributed by atoms with van der Waals surface area (Å²) in [4.78, 5) is 23.2. The van der Waals surface area contributed by atoms with Gasteiger partial charge < -0.3 is 5.32 Å². The van der Waals surface area contributed by atoms with Crippen LogP contribution in [0, 0.1) is 0 Å². The lowest BCUT2D eigenvalue weighted by atomic mass is 10.3. The molecule has 1 aromatic heterocycles. The van der Waals surface area contributed by atoms with E-state index < -0.39 is 22.0 Å². The van der Waals surface area contributed by atoms with Crippen LogP contribution in [0.25, 0.3) is 0 Å². The average molecular weight is 409 g/mol. The summed E-state index contributed by atoms with van der Waals surface area (Å²) in [5.74, 6) is -0.341. The summed E-state index contributed by atoms with van der Waals surface area (Å²) in [5, 5.41) is 14.3. The molecule has 0 saturated heterocycles. The summed E-state index contributed by atoms with van der Waals surface area (Å²) in [6.07, 6.45) is 2.17. The van der Waals surface area contributed by atoms with Crippen molar-refractivity contribution in [3.8, 4) is 0 Å². The van der Waals surface area contributed by atoms with Crippen molar-refractivity contribution < 1.29 is 18.0 Å². The number of amides is 2. The second-order valence-electron chi connectivity index (χ2n) is 6.26.